The number of halogens is 3. The Morgan fingerprint density at radius 3 is 2.81 bits per heavy atom. The average molecular weight is 374 g/mol. The summed E-state index contributed by atoms with van der Waals surface area (Å²) in [5, 5.41) is 2.71. The zero-order valence-corrected chi connectivity index (χ0v) is 14.4. The number of nitrogens with zero attached hydrogens (tertiary/aromatic N) is 1. The molecule has 144 valence electrons. The third kappa shape index (κ3) is 4.32. The molecule has 0 aliphatic carbocycles. The molecule has 1 atom stereocenters. The number of nitrogens with one attached hydrogen (secondary N) is 1. The van der Waals surface area contributed by atoms with Gasteiger partial charge in [-0.3, -0.25) is 0 Å². The summed E-state index contributed by atoms with van der Waals surface area (Å²) in [4.78, 5) is 14.2. The average Bonchev–Trinajstić information content (AvgIpc) is 3.23. The number of methoxy groups -OCH3 is 1. The topological polar surface area (TPSA) is 60.0 Å². The van der Waals surface area contributed by atoms with Crippen LogP contribution in [-0.4, -0.2) is 57.1 Å². The summed E-state index contributed by atoms with van der Waals surface area (Å²) in [5.41, 5.74) is 0.384. The molecule has 1 unspecified atom stereocenters. The molecule has 3 rings (SSSR count). The Bertz CT molecular complexity index is 660. The second-order valence-electron chi connectivity index (χ2n) is 6.67. The lowest BCUT2D eigenvalue weighted by Crippen LogP contribution is -2.35. The zero-order valence-electron chi connectivity index (χ0n) is 14.4. The number of amides is 2. The molecule has 2 saturated heterocycles. The third-order valence-electron chi connectivity index (χ3n) is 4.72. The van der Waals surface area contributed by atoms with Crippen molar-refractivity contribution in [3.63, 3.8) is 0 Å². The van der Waals surface area contributed by atoms with E-state index in [1.165, 1.54) is 19.2 Å². The summed E-state index contributed by atoms with van der Waals surface area (Å²) in [6, 6.07) is 4.05. The van der Waals surface area contributed by atoms with Crippen molar-refractivity contribution in [2.24, 2.45) is 5.41 Å². The molecule has 1 aromatic rings. The molecule has 26 heavy (non-hydrogen) atoms. The molecule has 9 heteroatoms. The fraction of sp³-hybridized carbons (Fsp3) is 0.588. The second kappa shape index (κ2) is 7.22. The van der Waals surface area contributed by atoms with Gasteiger partial charge in [-0.2, -0.15) is 13.2 Å². The van der Waals surface area contributed by atoms with E-state index in [9.17, 15) is 18.0 Å². The number of likely N-dealkylation sites (tertiary alicyclic amines) is 1. The van der Waals surface area contributed by atoms with E-state index in [1.807, 2.05) is 0 Å². The van der Waals surface area contributed by atoms with Gasteiger partial charge in [0.1, 0.15) is 0 Å². The predicted octanol–water partition coefficient (Wildman–Crippen LogP) is 3.28. The SMILES string of the molecule is COc1ccc(NC(=O)N2CCC3(CCOC3)C2)cc1OCC(F)(F)F. The number of urea groups is 1. The largest absolute Gasteiger partial charge is 0.493 e. The summed E-state index contributed by atoms with van der Waals surface area (Å²) >= 11 is 0. The molecule has 2 amide bonds. The van der Waals surface area contributed by atoms with Gasteiger partial charge in [0.05, 0.1) is 13.7 Å². The van der Waals surface area contributed by atoms with Gasteiger partial charge >= 0.3 is 12.2 Å². The van der Waals surface area contributed by atoms with Crippen molar-refractivity contribution in [2.75, 3.05) is 45.3 Å². The highest BCUT2D eigenvalue weighted by Crippen LogP contribution is 2.38. The van der Waals surface area contributed by atoms with Gasteiger partial charge in [-0.05, 0) is 25.0 Å². The number of carbonyl (C=O) groups excluding carboxylic acids is 1. The Morgan fingerprint density at radius 1 is 1.35 bits per heavy atom. The van der Waals surface area contributed by atoms with E-state index >= 15 is 0 Å². The minimum Gasteiger partial charge on any atom is -0.493 e. The van der Waals surface area contributed by atoms with Gasteiger partial charge in [0.25, 0.3) is 0 Å². The van der Waals surface area contributed by atoms with E-state index in [4.69, 9.17) is 14.2 Å². The smallest absolute Gasteiger partial charge is 0.422 e. The van der Waals surface area contributed by atoms with Gasteiger partial charge in [0, 0.05) is 36.9 Å². The van der Waals surface area contributed by atoms with Crippen LogP contribution < -0.4 is 14.8 Å². The number of ether oxygens (including phenoxy) is 3. The second-order valence-corrected chi connectivity index (χ2v) is 6.67. The summed E-state index contributed by atoms with van der Waals surface area (Å²) < 4.78 is 52.4. The molecule has 2 fully saturated rings. The van der Waals surface area contributed by atoms with Crippen LogP contribution in [0.15, 0.2) is 18.2 Å². The molecule has 2 aliphatic heterocycles. The van der Waals surface area contributed by atoms with E-state index < -0.39 is 12.8 Å². The molecule has 6 nitrogen and oxygen atoms in total. The Hall–Kier alpha value is -2.16. The number of anilines is 1. The first-order chi connectivity index (χ1) is 12.3. The molecule has 1 N–H and O–H groups in total. The highest BCUT2D eigenvalue weighted by atomic mass is 19.4. The molecule has 0 saturated carbocycles. The molecule has 0 bridgehead atoms. The Kier molecular flexibility index (Phi) is 5.17. The van der Waals surface area contributed by atoms with Crippen LogP contribution >= 0.6 is 0 Å². The normalized spacial score (nSPS) is 22.7. The maximum absolute atomic E-state index is 12.5. The van der Waals surface area contributed by atoms with Crippen LogP contribution in [0.4, 0.5) is 23.7 Å². The predicted molar refractivity (Wildman–Crippen MR) is 87.6 cm³/mol. The van der Waals surface area contributed by atoms with Gasteiger partial charge in [-0.25, -0.2) is 4.79 Å². The van der Waals surface area contributed by atoms with E-state index in [1.54, 1.807) is 11.0 Å². The van der Waals surface area contributed by atoms with Crippen molar-refractivity contribution in [1.29, 1.82) is 0 Å². The molecule has 2 aliphatic rings. The van der Waals surface area contributed by atoms with E-state index in [2.05, 4.69) is 5.32 Å². The zero-order chi connectivity index (χ0) is 18.8. The molecule has 1 aromatic carbocycles. The first-order valence-electron chi connectivity index (χ1n) is 8.32. The minimum atomic E-state index is -4.46. The van der Waals surface area contributed by atoms with Gasteiger partial charge in [-0.15, -0.1) is 0 Å². The monoisotopic (exact) mass is 374 g/mol. The summed E-state index contributed by atoms with van der Waals surface area (Å²) in [6.45, 7) is 1.19. The van der Waals surface area contributed by atoms with Crippen LogP contribution in [0.2, 0.25) is 0 Å². The molecular weight excluding hydrogens is 353 g/mol. The van der Waals surface area contributed by atoms with E-state index in [0.717, 1.165) is 12.8 Å². The maximum atomic E-state index is 12.5. The third-order valence-corrected chi connectivity index (χ3v) is 4.72. The van der Waals surface area contributed by atoms with Crippen LogP contribution in [0.25, 0.3) is 0 Å². The highest BCUT2D eigenvalue weighted by Gasteiger charge is 2.42. The van der Waals surface area contributed by atoms with Gasteiger partial charge in [0.2, 0.25) is 0 Å². The lowest BCUT2D eigenvalue weighted by molar-refractivity contribution is -0.153. The van der Waals surface area contributed by atoms with Crippen molar-refractivity contribution in [1.82, 2.24) is 4.90 Å². The van der Waals surface area contributed by atoms with E-state index in [0.29, 0.717) is 32.0 Å². The van der Waals surface area contributed by atoms with Crippen molar-refractivity contribution >= 4 is 11.7 Å². The number of carbonyl (C=O) groups is 1. The number of hydrogen-bond donors (Lipinski definition) is 1. The Morgan fingerprint density at radius 2 is 2.15 bits per heavy atom. The fourth-order valence-electron chi connectivity index (χ4n) is 3.31. The number of alkyl halides is 3. The number of hydrogen-bond acceptors (Lipinski definition) is 4. The summed E-state index contributed by atoms with van der Waals surface area (Å²) in [5.74, 6) is 0.0835. The first-order valence-corrected chi connectivity index (χ1v) is 8.32. The lowest BCUT2D eigenvalue weighted by Gasteiger charge is -2.22. The Balaban J connectivity index is 1.64. The first kappa shape index (κ1) is 18.6. The fourth-order valence-corrected chi connectivity index (χ4v) is 3.31. The van der Waals surface area contributed by atoms with Crippen molar-refractivity contribution in [3.8, 4) is 11.5 Å². The molecule has 0 radical (unpaired) electrons. The van der Waals surface area contributed by atoms with Gasteiger partial charge in [-0.1, -0.05) is 0 Å². The Labute approximate surface area is 149 Å². The molecule has 0 aromatic heterocycles. The van der Waals surface area contributed by atoms with Gasteiger partial charge < -0.3 is 24.4 Å². The van der Waals surface area contributed by atoms with Crippen molar-refractivity contribution < 1.29 is 32.2 Å². The van der Waals surface area contributed by atoms with Gasteiger partial charge in [0.15, 0.2) is 18.1 Å². The summed E-state index contributed by atoms with van der Waals surface area (Å²) in [6.07, 6.45) is -2.63. The molecule has 1 spiro atoms. The highest BCUT2D eigenvalue weighted by molar-refractivity contribution is 5.90. The molecule has 2 heterocycles. The van der Waals surface area contributed by atoms with Crippen LogP contribution in [0.1, 0.15) is 12.8 Å². The van der Waals surface area contributed by atoms with E-state index in [-0.39, 0.29) is 22.9 Å². The number of benzene rings is 1. The standard InChI is InChI=1S/C17H21F3N2O4/c1-24-13-3-2-12(8-14(13)26-11-17(18,19)20)21-15(23)22-6-4-16(9-22)5-7-25-10-16/h2-3,8H,4-7,9-11H2,1H3,(H,21,23). The number of rotatable bonds is 4. The minimum absolute atomic E-state index is 0.0399. The maximum Gasteiger partial charge on any atom is 0.422 e. The summed E-state index contributed by atoms with van der Waals surface area (Å²) in [7, 11) is 1.33. The van der Waals surface area contributed by atoms with Crippen LogP contribution in [-0.2, 0) is 4.74 Å². The quantitative estimate of drug-likeness (QED) is 0.879. The van der Waals surface area contributed by atoms with Crippen LogP contribution in [0.5, 0.6) is 11.5 Å². The molecular formula is C17H21F3N2O4. The van der Waals surface area contributed by atoms with Crippen molar-refractivity contribution in [3.05, 3.63) is 18.2 Å². The van der Waals surface area contributed by atoms with Crippen LogP contribution in [0, 0.1) is 5.41 Å². The van der Waals surface area contributed by atoms with Crippen molar-refractivity contribution in [2.45, 2.75) is 19.0 Å². The van der Waals surface area contributed by atoms with Crippen LogP contribution in [0.3, 0.4) is 0 Å². The lowest BCUT2D eigenvalue weighted by atomic mass is 9.87.